The van der Waals surface area contributed by atoms with E-state index in [1.54, 1.807) is 0 Å². The summed E-state index contributed by atoms with van der Waals surface area (Å²) in [6.45, 7) is 9.94. The van der Waals surface area contributed by atoms with Crippen LogP contribution in [0.4, 0.5) is 0 Å². The second-order valence-corrected chi connectivity index (χ2v) is 6.11. The molecule has 1 unspecified atom stereocenters. The third kappa shape index (κ3) is 4.05. The molecule has 108 valence electrons. The monoisotopic (exact) mass is 264 g/mol. The van der Waals surface area contributed by atoms with Crippen LogP contribution < -0.4 is 5.73 Å². The van der Waals surface area contributed by atoms with E-state index < -0.39 is 0 Å². The van der Waals surface area contributed by atoms with Gasteiger partial charge in [-0.1, -0.05) is 20.8 Å². The minimum Gasteiger partial charge on any atom is -0.332 e. The minimum atomic E-state index is 0.110. The quantitative estimate of drug-likeness (QED) is 0.784. The van der Waals surface area contributed by atoms with Crippen molar-refractivity contribution in [3.63, 3.8) is 0 Å². The fourth-order valence-electron chi connectivity index (χ4n) is 2.73. The number of aromatic nitrogens is 2. The summed E-state index contributed by atoms with van der Waals surface area (Å²) in [5.41, 5.74) is 7.46. The summed E-state index contributed by atoms with van der Waals surface area (Å²) in [7, 11) is 0. The Morgan fingerprint density at radius 3 is 2.79 bits per heavy atom. The second-order valence-electron chi connectivity index (χ2n) is 6.11. The predicted molar refractivity (Wildman–Crippen MR) is 78.9 cm³/mol. The molecule has 0 radical (unpaired) electrons. The highest BCUT2D eigenvalue weighted by atomic mass is 15.2. The largest absolute Gasteiger partial charge is 0.332 e. The van der Waals surface area contributed by atoms with E-state index in [4.69, 9.17) is 5.73 Å². The van der Waals surface area contributed by atoms with E-state index in [0.29, 0.717) is 5.92 Å². The summed E-state index contributed by atoms with van der Waals surface area (Å²) >= 11 is 0. The highest BCUT2D eigenvalue weighted by molar-refractivity contribution is 5.04. The molecule has 1 aliphatic rings. The maximum Gasteiger partial charge on any atom is 0.0949 e. The lowest BCUT2D eigenvalue weighted by Crippen LogP contribution is -2.30. The van der Waals surface area contributed by atoms with Gasteiger partial charge in [-0.25, -0.2) is 4.98 Å². The first kappa shape index (κ1) is 14.5. The Labute approximate surface area is 117 Å². The van der Waals surface area contributed by atoms with Crippen molar-refractivity contribution >= 4 is 0 Å². The second kappa shape index (κ2) is 6.53. The number of rotatable bonds is 8. The molecule has 0 saturated heterocycles. The summed E-state index contributed by atoms with van der Waals surface area (Å²) in [6, 6.07) is 0.944. The van der Waals surface area contributed by atoms with E-state index in [0.717, 1.165) is 32.1 Å². The van der Waals surface area contributed by atoms with Crippen molar-refractivity contribution in [3.8, 4) is 0 Å². The number of hydrogen-bond acceptors (Lipinski definition) is 3. The lowest BCUT2D eigenvalue weighted by atomic mass is 10.0. The molecule has 4 heteroatoms. The van der Waals surface area contributed by atoms with Gasteiger partial charge in [-0.2, -0.15) is 0 Å². The van der Waals surface area contributed by atoms with E-state index in [1.807, 2.05) is 12.5 Å². The van der Waals surface area contributed by atoms with Crippen LogP contribution in [0.15, 0.2) is 12.5 Å². The van der Waals surface area contributed by atoms with Gasteiger partial charge >= 0.3 is 0 Å². The van der Waals surface area contributed by atoms with Crippen molar-refractivity contribution < 1.29 is 0 Å². The van der Waals surface area contributed by atoms with Crippen molar-refractivity contribution in [1.82, 2.24) is 14.5 Å². The van der Waals surface area contributed by atoms with Crippen molar-refractivity contribution in [2.75, 3.05) is 13.1 Å². The summed E-state index contributed by atoms with van der Waals surface area (Å²) in [5, 5.41) is 0. The first-order chi connectivity index (χ1) is 9.11. The van der Waals surface area contributed by atoms with Gasteiger partial charge in [-0.05, 0) is 31.7 Å². The maximum atomic E-state index is 6.28. The van der Waals surface area contributed by atoms with Gasteiger partial charge in [0, 0.05) is 31.4 Å². The molecule has 1 atom stereocenters. The van der Waals surface area contributed by atoms with Crippen molar-refractivity contribution in [3.05, 3.63) is 18.2 Å². The minimum absolute atomic E-state index is 0.110. The molecule has 0 aliphatic heterocycles. The van der Waals surface area contributed by atoms with Crippen LogP contribution in [-0.4, -0.2) is 33.6 Å². The molecule has 19 heavy (non-hydrogen) atoms. The maximum absolute atomic E-state index is 6.28. The van der Waals surface area contributed by atoms with Gasteiger partial charge < -0.3 is 10.3 Å². The molecule has 2 N–H and O–H groups in total. The smallest absolute Gasteiger partial charge is 0.0949 e. The van der Waals surface area contributed by atoms with Gasteiger partial charge in [0.1, 0.15) is 0 Å². The van der Waals surface area contributed by atoms with Crippen molar-refractivity contribution in [2.45, 2.75) is 58.7 Å². The molecule has 1 aliphatic carbocycles. The molecule has 1 aromatic heterocycles. The van der Waals surface area contributed by atoms with Crippen molar-refractivity contribution in [2.24, 2.45) is 11.7 Å². The molecule has 2 rings (SSSR count). The van der Waals surface area contributed by atoms with Crippen LogP contribution in [0.1, 0.15) is 51.8 Å². The van der Waals surface area contributed by atoms with E-state index in [9.17, 15) is 0 Å². The average molecular weight is 264 g/mol. The molecule has 0 amide bonds. The third-order valence-electron chi connectivity index (χ3n) is 3.95. The zero-order valence-electron chi connectivity index (χ0n) is 12.5. The van der Waals surface area contributed by atoms with E-state index in [2.05, 4.69) is 35.2 Å². The van der Waals surface area contributed by atoms with Gasteiger partial charge in [-0.3, -0.25) is 4.90 Å². The third-order valence-corrected chi connectivity index (χ3v) is 3.95. The normalized spacial score (nSPS) is 17.4. The Hall–Kier alpha value is -0.870. The topological polar surface area (TPSA) is 47.1 Å². The summed E-state index contributed by atoms with van der Waals surface area (Å²) in [5.74, 6) is 0.622. The van der Waals surface area contributed by atoms with Crippen LogP contribution >= 0.6 is 0 Å². The Morgan fingerprint density at radius 2 is 2.21 bits per heavy atom. The molecule has 1 aromatic rings. The standard InChI is InChI=1S/C15H28N4/c1-4-18(13-5-6-13)7-8-19-11-17-10-15(19)14(16)9-12(2)3/h10-14H,4-9,16H2,1-3H3. The first-order valence-corrected chi connectivity index (χ1v) is 7.61. The Morgan fingerprint density at radius 1 is 1.47 bits per heavy atom. The van der Waals surface area contributed by atoms with Crippen molar-refractivity contribution in [1.29, 1.82) is 0 Å². The van der Waals surface area contributed by atoms with Crippen LogP contribution in [-0.2, 0) is 6.54 Å². The summed E-state index contributed by atoms with van der Waals surface area (Å²) in [6.07, 6.45) is 7.62. The van der Waals surface area contributed by atoms with Crippen LogP contribution in [0.3, 0.4) is 0 Å². The van der Waals surface area contributed by atoms with Crippen LogP contribution in [0.5, 0.6) is 0 Å². The number of nitrogens with zero attached hydrogens (tertiary/aromatic N) is 3. The molecule has 0 aromatic carbocycles. The van der Waals surface area contributed by atoms with Crippen LogP contribution in [0.2, 0.25) is 0 Å². The molecule has 0 spiro atoms. The van der Waals surface area contributed by atoms with Crippen LogP contribution in [0, 0.1) is 5.92 Å². The number of imidazole rings is 1. The Bertz CT molecular complexity index is 381. The van der Waals surface area contributed by atoms with Crippen LogP contribution in [0.25, 0.3) is 0 Å². The Balaban J connectivity index is 1.91. The number of nitrogens with two attached hydrogens (primary N) is 1. The van der Waals surface area contributed by atoms with Gasteiger partial charge in [0.2, 0.25) is 0 Å². The summed E-state index contributed by atoms with van der Waals surface area (Å²) in [4.78, 5) is 6.85. The fraction of sp³-hybridized carbons (Fsp3) is 0.800. The molecule has 1 saturated carbocycles. The average Bonchev–Trinajstić information content (AvgIpc) is 3.07. The highest BCUT2D eigenvalue weighted by Crippen LogP contribution is 2.26. The zero-order chi connectivity index (χ0) is 13.8. The molecule has 4 nitrogen and oxygen atoms in total. The lowest BCUT2D eigenvalue weighted by molar-refractivity contribution is 0.264. The first-order valence-electron chi connectivity index (χ1n) is 7.61. The van der Waals surface area contributed by atoms with Gasteiger partial charge in [-0.15, -0.1) is 0 Å². The van der Waals surface area contributed by atoms with E-state index in [1.165, 1.54) is 18.5 Å². The van der Waals surface area contributed by atoms with Gasteiger partial charge in [0.05, 0.1) is 12.0 Å². The summed E-state index contributed by atoms with van der Waals surface area (Å²) < 4.78 is 2.23. The SMILES string of the molecule is CCN(CCn1cncc1C(N)CC(C)C)C1CC1. The highest BCUT2D eigenvalue weighted by Gasteiger charge is 2.27. The van der Waals surface area contributed by atoms with E-state index in [-0.39, 0.29) is 6.04 Å². The number of hydrogen-bond donors (Lipinski definition) is 1. The lowest BCUT2D eigenvalue weighted by Gasteiger charge is -2.22. The predicted octanol–water partition coefficient (Wildman–Crippen LogP) is 2.41. The van der Waals surface area contributed by atoms with E-state index >= 15 is 0 Å². The molecule has 1 heterocycles. The zero-order valence-corrected chi connectivity index (χ0v) is 12.5. The molecular weight excluding hydrogens is 236 g/mol. The van der Waals surface area contributed by atoms with Gasteiger partial charge in [0.25, 0.3) is 0 Å². The fourth-order valence-corrected chi connectivity index (χ4v) is 2.73. The van der Waals surface area contributed by atoms with Gasteiger partial charge in [0.15, 0.2) is 0 Å². The Kier molecular flexibility index (Phi) is 4.99. The molecular formula is C15H28N4. The molecule has 0 bridgehead atoms. The molecule has 1 fully saturated rings. The number of likely N-dealkylation sites (N-methyl/N-ethyl adjacent to an activating group) is 1.